The molecule has 0 heterocycles. The van der Waals surface area contributed by atoms with E-state index >= 15 is 0 Å². The summed E-state index contributed by atoms with van der Waals surface area (Å²) in [5.41, 5.74) is 0. The van der Waals surface area contributed by atoms with E-state index in [1.807, 2.05) is 0 Å². The molecular weight excluding hydrogens is 110 g/mol. The average molecular weight is 114 g/mol. The zero-order valence-corrected chi connectivity index (χ0v) is 2.94. The minimum absolute atomic E-state index is 0. The van der Waals surface area contributed by atoms with Crippen LogP contribution in [0, 0.1) is 0 Å². The van der Waals surface area contributed by atoms with E-state index in [2.05, 4.69) is 0 Å². The topological polar surface area (TPSA) is 74.6 Å². The first-order chi connectivity index (χ1) is 2.00. The van der Waals surface area contributed by atoms with Crippen molar-refractivity contribution in [1.29, 1.82) is 0 Å². The summed E-state index contributed by atoms with van der Waals surface area (Å²) >= 11 is 0. The Labute approximate surface area is 65.6 Å². The Hall–Kier alpha value is 1.06. The van der Waals surface area contributed by atoms with Crippen LogP contribution >= 0.6 is 0 Å². The third kappa shape index (κ3) is 160. The summed E-state index contributed by atoms with van der Waals surface area (Å²) in [4.78, 5) is 0. The fraction of sp³-hybridized carbons (Fsp3) is 0. The van der Waals surface area contributed by atoms with Crippen molar-refractivity contribution >= 4 is 48.1 Å². The predicted octanol–water partition coefficient (Wildman–Crippen LogP) is -1.95. The van der Waals surface area contributed by atoms with Crippen molar-refractivity contribution in [2.24, 2.45) is 0 Å². The quantitative estimate of drug-likeness (QED) is 0.283. The molecule has 0 atom stereocenters. The zero-order chi connectivity index (χ0) is 4.50. The van der Waals surface area contributed by atoms with Crippen molar-refractivity contribution in [3.63, 3.8) is 0 Å². The molecule has 0 saturated carbocycles. The molecule has 0 rings (SSSR count). The maximum absolute atomic E-state index is 8.74. The summed E-state index contributed by atoms with van der Waals surface area (Å²) in [6, 6.07) is 0. The van der Waals surface area contributed by atoms with Crippen molar-refractivity contribution in [3.05, 3.63) is 0 Å². The second kappa shape index (κ2) is 5.21. The molecule has 0 aromatic heterocycles. The standard InChI is InChI=1S/2Li.H2O4S.2H/c;;1-5(2,3)4;;/h;;(H2,1,2,3,4);;. The molecular formula is H4Li2O4S. The SMILES string of the molecule is O=S(=O)(O)O.[LiH].[LiH]. The van der Waals surface area contributed by atoms with Crippen molar-refractivity contribution in [2.45, 2.75) is 0 Å². The van der Waals surface area contributed by atoms with Crippen LogP contribution in [-0.4, -0.2) is 55.2 Å². The van der Waals surface area contributed by atoms with Gasteiger partial charge in [-0.3, -0.25) is 9.11 Å². The molecule has 7 heteroatoms. The first-order valence-corrected chi connectivity index (χ1v) is 2.10. The van der Waals surface area contributed by atoms with Crippen LogP contribution in [0.5, 0.6) is 0 Å². The molecule has 0 aliphatic carbocycles. The molecule has 0 unspecified atom stereocenters. The monoisotopic (exact) mass is 114 g/mol. The van der Waals surface area contributed by atoms with Gasteiger partial charge >= 0.3 is 48.1 Å². The van der Waals surface area contributed by atoms with Crippen LogP contribution in [0.3, 0.4) is 0 Å². The molecule has 7 heavy (non-hydrogen) atoms. The fourth-order valence-electron chi connectivity index (χ4n) is 0. The summed E-state index contributed by atoms with van der Waals surface area (Å²) in [6.07, 6.45) is 0. The molecule has 0 saturated heterocycles. The first kappa shape index (κ1) is 15.7. The zero-order valence-electron chi connectivity index (χ0n) is 2.12. The second-order valence-electron chi connectivity index (χ2n) is 0.448. The molecule has 0 aliphatic heterocycles. The van der Waals surface area contributed by atoms with Gasteiger partial charge in [0.1, 0.15) is 0 Å². The third-order valence-corrected chi connectivity index (χ3v) is 0. The molecule has 4 nitrogen and oxygen atoms in total. The molecule has 2 N–H and O–H groups in total. The Morgan fingerprint density at radius 2 is 1.00 bits per heavy atom. The second-order valence-corrected chi connectivity index (χ2v) is 1.34. The van der Waals surface area contributed by atoms with E-state index in [9.17, 15) is 0 Å². The fourth-order valence-corrected chi connectivity index (χ4v) is 0. The van der Waals surface area contributed by atoms with Crippen LogP contribution in [0.2, 0.25) is 0 Å². The molecule has 36 valence electrons. The Morgan fingerprint density at radius 1 is 1.00 bits per heavy atom. The van der Waals surface area contributed by atoms with Gasteiger partial charge in [-0.15, -0.1) is 0 Å². The average Bonchev–Trinajstić information content (AvgIpc) is 0.722. The van der Waals surface area contributed by atoms with Crippen molar-refractivity contribution in [2.75, 3.05) is 0 Å². The van der Waals surface area contributed by atoms with Crippen molar-refractivity contribution in [3.8, 4) is 0 Å². The van der Waals surface area contributed by atoms with E-state index in [1.165, 1.54) is 0 Å². The number of hydrogen-bond acceptors (Lipinski definition) is 2. The predicted molar refractivity (Wildman–Crippen MR) is 28.5 cm³/mol. The van der Waals surface area contributed by atoms with Gasteiger partial charge in [0.2, 0.25) is 0 Å². The molecule has 0 bridgehead atoms. The first-order valence-electron chi connectivity index (χ1n) is 0.698. The maximum atomic E-state index is 8.74. The van der Waals surface area contributed by atoms with Crippen molar-refractivity contribution < 1.29 is 17.5 Å². The summed E-state index contributed by atoms with van der Waals surface area (Å²) in [7, 11) is -4.67. The molecule has 0 spiro atoms. The Kier molecular flexibility index (Phi) is 11.7. The van der Waals surface area contributed by atoms with Gasteiger partial charge in [0.15, 0.2) is 0 Å². The van der Waals surface area contributed by atoms with Gasteiger partial charge in [-0.2, -0.15) is 8.42 Å². The van der Waals surface area contributed by atoms with E-state index < -0.39 is 10.4 Å². The Morgan fingerprint density at radius 3 is 1.00 bits per heavy atom. The van der Waals surface area contributed by atoms with Gasteiger partial charge in [0, 0.05) is 0 Å². The van der Waals surface area contributed by atoms with E-state index in [-0.39, 0.29) is 37.7 Å². The van der Waals surface area contributed by atoms with E-state index in [0.29, 0.717) is 0 Å². The molecule has 0 amide bonds. The van der Waals surface area contributed by atoms with Gasteiger partial charge < -0.3 is 0 Å². The van der Waals surface area contributed by atoms with E-state index in [1.54, 1.807) is 0 Å². The van der Waals surface area contributed by atoms with Crippen LogP contribution < -0.4 is 0 Å². The van der Waals surface area contributed by atoms with Gasteiger partial charge in [-0.1, -0.05) is 0 Å². The minimum atomic E-state index is -4.67. The normalized spacial score (nSPS) is 8.29. The van der Waals surface area contributed by atoms with Gasteiger partial charge in [0.05, 0.1) is 0 Å². The van der Waals surface area contributed by atoms with Crippen LogP contribution in [0.15, 0.2) is 0 Å². The molecule has 0 aromatic carbocycles. The van der Waals surface area contributed by atoms with Crippen LogP contribution in [-0.2, 0) is 10.4 Å². The number of rotatable bonds is 0. The van der Waals surface area contributed by atoms with Crippen molar-refractivity contribution in [1.82, 2.24) is 0 Å². The third-order valence-electron chi connectivity index (χ3n) is 0. The molecule has 0 radical (unpaired) electrons. The van der Waals surface area contributed by atoms with E-state index in [4.69, 9.17) is 17.5 Å². The summed E-state index contributed by atoms with van der Waals surface area (Å²) in [5.74, 6) is 0. The number of hydrogen-bond donors (Lipinski definition) is 2. The van der Waals surface area contributed by atoms with Crippen LogP contribution in [0.1, 0.15) is 0 Å². The van der Waals surface area contributed by atoms with Gasteiger partial charge in [-0.25, -0.2) is 0 Å². The Balaban J connectivity index is -0.0000000800. The molecule has 0 aromatic rings. The van der Waals surface area contributed by atoms with Crippen LogP contribution in [0.25, 0.3) is 0 Å². The summed E-state index contributed by atoms with van der Waals surface area (Å²) < 4.78 is 31.6. The Bertz CT molecular complexity index is 92.9. The summed E-state index contributed by atoms with van der Waals surface area (Å²) in [6.45, 7) is 0. The van der Waals surface area contributed by atoms with Crippen LogP contribution in [0.4, 0.5) is 0 Å². The molecule has 0 aliphatic rings. The van der Waals surface area contributed by atoms with Gasteiger partial charge in [-0.05, 0) is 0 Å². The molecule has 0 fully saturated rings. The van der Waals surface area contributed by atoms with Gasteiger partial charge in [0.25, 0.3) is 0 Å². The van der Waals surface area contributed by atoms with E-state index in [0.717, 1.165) is 0 Å². The summed E-state index contributed by atoms with van der Waals surface area (Å²) in [5, 5.41) is 0.